The molecule has 1 fully saturated rings. The van der Waals surface area contributed by atoms with Crippen molar-refractivity contribution < 1.29 is 27.8 Å². The van der Waals surface area contributed by atoms with Gasteiger partial charge in [-0.3, -0.25) is 9.59 Å². The minimum Gasteiger partial charge on any atom is -0.395 e. The number of rotatable bonds is 6. The number of hydrogen-bond acceptors (Lipinski definition) is 5. The van der Waals surface area contributed by atoms with E-state index in [1.165, 1.54) is 30.1 Å². The van der Waals surface area contributed by atoms with Crippen LogP contribution in [0, 0.1) is 0 Å². The topological polar surface area (TPSA) is 79.9 Å². The van der Waals surface area contributed by atoms with Crippen molar-refractivity contribution in [2.24, 2.45) is 0 Å². The van der Waals surface area contributed by atoms with Gasteiger partial charge in [-0.15, -0.1) is 8.78 Å². The van der Waals surface area contributed by atoms with Crippen LogP contribution in [0.5, 0.6) is 11.5 Å². The maximum atomic E-state index is 12.9. The van der Waals surface area contributed by atoms with Crippen molar-refractivity contribution in [1.29, 1.82) is 0 Å². The minimum absolute atomic E-state index is 0.0234. The van der Waals surface area contributed by atoms with Gasteiger partial charge in [-0.2, -0.15) is 0 Å². The highest BCUT2D eigenvalue weighted by molar-refractivity contribution is 5.87. The van der Waals surface area contributed by atoms with E-state index < -0.39 is 6.29 Å². The van der Waals surface area contributed by atoms with Crippen molar-refractivity contribution in [2.75, 3.05) is 25.5 Å². The molecular weight excluding hydrogens is 324 g/mol. The van der Waals surface area contributed by atoms with E-state index in [9.17, 15) is 18.4 Å². The molecule has 2 amide bonds. The Labute approximate surface area is 136 Å². The second-order valence-electron chi connectivity index (χ2n) is 5.77. The Morgan fingerprint density at radius 3 is 2.71 bits per heavy atom. The first-order chi connectivity index (χ1) is 11.3. The number of anilines is 1. The smallest absolute Gasteiger partial charge is 0.395 e. The maximum Gasteiger partial charge on any atom is 0.586 e. The molecule has 2 aliphatic rings. The van der Waals surface area contributed by atoms with Crippen molar-refractivity contribution in [2.45, 2.75) is 25.2 Å². The number of carbonyl (C=O) groups excluding carboxylic acids is 2. The SMILES string of the molecule is CN(CC(=O)NC1CC1)C(=O)CNc1ccc2c(c1)OC(F)(F)O2. The molecule has 0 spiro atoms. The second kappa shape index (κ2) is 6.14. The molecule has 2 N–H and O–H groups in total. The summed E-state index contributed by atoms with van der Waals surface area (Å²) < 4.78 is 34.5. The molecule has 1 aromatic rings. The van der Waals surface area contributed by atoms with Crippen LogP contribution in [-0.4, -0.2) is 49.2 Å². The Bertz CT molecular complexity index is 664. The third-order valence-electron chi connectivity index (χ3n) is 3.59. The summed E-state index contributed by atoms with van der Waals surface area (Å²) in [5, 5.41) is 5.60. The lowest BCUT2D eigenvalue weighted by Gasteiger charge is -2.17. The summed E-state index contributed by atoms with van der Waals surface area (Å²) in [6, 6.07) is 4.39. The molecule has 3 rings (SSSR count). The zero-order valence-electron chi connectivity index (χ0n) is 13.0. The van der Waals surface area contributed by atoms with E-state index in [4.69, 9.17) is 0 Å². The van der Waals surface area contributed by atoms with E-state index in [1.54, 1.807) is 0 Å². The average Bonchev–Trinajstić information content (AvgIpc) is 3.24. The van der Waals surface area contributed by atoms with E-state index >= 15 is 0 Å². The monoisotopic (exact) mass is 341 g/mol. The number of ether oxygens (including phenoxy) is 2. The lowest BCUT2D eigenvalue weighted by molar-refractivity contribution is -0.286. The van der Waals surface area contributed by atoms with Crippen LogP contribution in [-0.2, 0) is 9.59 Å². The lowest BCUT2D eigenvalue weighted by Crippen LogP contribution is -2.41. The number of fused-ring (bicyclic) bond motifs is 1. The van der Waals surface area contributed by atoms with Crippen LogP contribution in [0.2, 0.25) is 0 Å². The Morgan fingerprint density at radius 1 is 1.29 bits per heavy atom. The average molecular weight is 341 g/mol. The highest BCUT2D eigenvalue weighted by atomic mass is 19.3. The molecule has 1 saturated carbocycles. The molecule has 1 heterocycles. The number of alkyl halides is 2. The standard InChI is InChI=1S/C15H17F2N3O4/c1-20(8-13(21)19-9-2-3-9)14(22)7-18-10-4-5-11-12(6-10)24-15(16,17)23-11/h4-6,9,18H,2-3,7-8H2,1H3,(H,19,21). The Balaban J connectivity index is 1.48. The van der Waals surface area contributed by atoms with Gasteiger partial charge in [0.1, 0.15) is 0 Å². The molecule has 7 nitrogen and oxygen atoms in total. The summed E-state index contributed by atoms with van der Waals surface area (Å²) >= 11 is 0. The zero-order valence-corrected chi connectivity index (χ0v) is 13.0. The molecule has 130 valence electrons. The summed E-state index contributed by atoms with van der Waals surface area (Å²) in [6.07, 6.45) is -1.71. The zero-order chi connectivity index (χ0) is 17.3. The summed E-state index contributed by atoms with van der Waals surface area (Å²) in [6.45, 7) is -0.104. The molecule has 1 aliphatic heterocycles. The summed E-state index contributed by atoms with van der Waals surface area (Å²) in [7, 11) is 1.52. The number of likely N-dealkylation sites (N-methyl/N-ethyl adjacent to an activating group) is 1. The second-order valence-corrected chi connectivity index (χ2v) is 5.77. The maximum absolute atomic E-state index is 12.9. The third-order valence-corrected chi connectivity index (χ3v) is 3.59. The van der Waals surface area contributed by atoms with E-state index in [0.29, 0.717) is 5.69 Å². The Hall–Kier alpha value is -2.58. The number of hydrogen-bond donors (Lipinski definition) is 2. The number of nitrogens with one attached hydrogen (secondary N) is 2. The fourth-order valence-corrected chi connectivity index (χ4v) is 2.18. The fraction of sp³-hybridized carbons (Fsp3) is 0.467. The van der Waals surface area contributed by atoms with Crippen molar-refractivity contribution in [3.63, 3.8) is 0 Å². The van der Waals surface area contributed by atoms with Gasteiger partial charge in [0.2, 0.25) is 11.8 Å². The van der Waals surface area contributed by atoms with Gasteiger partial charge < -0.3 is 25.0 Å². The summed E-state index contributed by atoms with van der Waals surface area (Å²) in [4.78, 5) is 24.9. The van der Waals surface area contributed by atoms with Crippen LogP contribution in [0.4, 0.5) is 14.5 Å². The molecule has 24 heavy (non-hydrogen) atoms. The van der Waals surface area contributed by atoms with Crippen LogP contribution in [0.25, 0.3) is 0 Å². The first-order valence-corrected chi connectivity index (χ1v) is 7.49. The molecule has 0 saturated heterocycles. The fourth-order valence-electron chi connectivity index (χ4n) is 2.18. The highest BCUT2D eigenvalue weighted by Gasteiger charge is 2.43. The van der Waals surface area contributed by atoms with Crippen molar-refractivity contribution >= 4 is 17.5 Å². The molecule has 0 unspecified atom stereocenters. The third kappa shape index (κ3) is 4.03. The van der Waals surface area contributed by atoms with Crippen LogP contribution in [0.1, 0.15) is 12.8 Å². The van der Waals surface area contributed by atoms with Crippen LogP contribution in [0.3, 0.4) is 0 Å². The number of nitrogens with zero attached hydrogens (tertiary/aromatic N) is 1. The van der Waals surface area contributed by atoms with Gasteiger partial charge >= 0.3 is 6.29 Å². The molecular formula is C15H17F2N3O4. The number of benzene rings is 1. The number of carbonyl (C=O) groups is 2. The Kier molecular flexibility index (Phi) is 4.16. The van der Waals surface area contributed by atoms with Gasteiger partial charge in [-0.05, 0) is 25.0 Å². The Morgan fingerprint density at radius 2 is 2.00 bits per heavy atom. The van der Waals surface area contributed by atoms with E-state index in [0.717, 1.165) is 12.8 Å². The van der Waals surface area contributed by atoms with E-state index in [-0.39, 0.29) is 42.4 Å². The molecule has 1 aliphatic carbocycles. The molecule has 0 bridgehead atoms. The van der Waals surface area contributed by atoms with Crippen molar-refractivity contribution in [3.8, 4) is 11.5 Å². The molecule has 1 aromatic carbocycles. The van der Waals surface area contributed by atoms with E-state index in [1.807, 2.05) is 0 Å². The minimum atomic E-state index is -3.67. The normalized spacial score (nSPS) is 17.3. The van der Waals surface area contributed by atoms with Crippen LogP contribution >= 0.6 is 0 Å². The van der Waals surface area contributed by atoms with Gasteiger partial charge in [0.05, 0.1) is 13.1 Å². The number of amides is 2. The molecule has 0 atom stereocenters. The first kappa shape index (κ1) is 16.3. The summed E-state index contributed by atoms with van der Waals surface area (Å²) in [5.74, 6) is -0.664. The largest absolute Gasteiger partial charge is 0.586 e. The van der Waals surface area contributed by atoms with Crippen LogP contribution in [0.15, 0.2) is 18.2 Å². The lowest BCUT2D eigenvalue weighted by atomic mass is 10.3. The van der Waals surface area contributed by atoms with Crippen LogP contribution < -0.4 is 20.1 Å². The van der Waals surface area contributed by atoms with Gasteiger partial charge in [-0.1, -0.05) is 0 Å². The van der Waals surface area contributed by atoms with Gasteiger partial charge in [0, 0.05) is 24.8 Å². The van der Waals surface area contributed by atoms with Crippen molar-refractivity contribution in [1.82, 2.24) is 10.2 Å². The first-order valence-electron chi connectivity index (χ1n) is 7.49. The molecule has 9 heteroatoms. The molecule has 0 aromatic heterocycles. The van der Waals surface area contributed by atoms with Gasteiger partial charge in [-0.25, -0.2) is 0 Å². The summed E-state index contributed by atoms with van der Waals surface area (Å²) in [5.41, 5.74) is 0.430. The predicted molar refractivity (Wildman–Crippen MR) is 79.9 cm³/mol. The van der Waals surface area contributed by atoms with Gasteiger partial charge in [0.25, 0.3) is 0 Å². The number of halogens is 2. The quantitative estimate of drug-likeness (QED) is 0.812. The highest BCUT2D eigenvalue weighted by Crippen LogP contribution is 2.42. The van der Waals surface area contributed by atoms with E-state index in [2.05, 4.69) is 20.1 Å². The van der Waals surface area contributed by atoms with Crippen molar-refractivity contribution in [3.05, 3.63) is 18.2 Å². The predicted octanol–water partition coefficient (Wildman–Crippen LogP) is 1.16. The molecule has 0 radical (unpaired) electrons. The van der Waals surface area contributed by atoms with Gasteiger partial charge in [0.15, 0.2) is 11.5 Å².